The van der Waals surface area contributed by atoms with Crippen molar-refractivity contribution in [3.05, 3.63) is 0 Å². The van der Waals surface area contributed by atoms with Gasteiger partial charge in [0, 0.05) is 21.4 Å². The molecule has 34 valence electrons. The van der Waals surface area contributed by atoms with Gasteiger partial charge in [-0.25, -0.2) is 4.21 Å². The molecule has 0 unspecified atom stereocenters. The maximum absolute atomic E-state index is 9.09. The van der Waals surface area contributed by atoms with Gasteiger partial charge in [0.25, 0.3) is 0 Å². The van der Waals surface area contributed by atoms with Crippen LogP contribution in [0.2, 0.25) is 0 Å². The standard InChI is InChI=1S/Cl2OS.ClH/c1-4(2)3;/h;1H. The lowest BCUT2D eigenvalue weighted by atomic mass is 16.0. The van der Waals surface area contributed by atoms with Crippen molar-refractivity contribution in [1.82, 2.24) is 0 Å². The quantitative estimate of drug-likeness (QED) is 0.484. The SMILES string of the molecule is Cl.O=S(Cl)Cl. The van der Waals surface area contributed by atoms with Gasteiger partial charge in [0.15, 0.2) is 0 Å². The van der Waals surface area contributed by atoms with E-state index in [4.69, 9.17) is 4.21 Å². The van der Waals surface area contributed by atoms with Crippen LogP contribution in [0.5, 0.6) is 0 Å². The molecule has 0 spiro atoms. The van der Waals surface area contributed by atoms with Crippen LogP contribution < -0.4 is 0 Å². The van der Waals surface area contributed by atoms with E-state index >= 15 is 0 Å². The molecule has 0 amide bonds. The summed E-state index contributed by atoms with van der Waals surface area (Å²) >= 11 is 0. The third-order valence-corrected chi connectivity index (χ3v) is 0. The first-order valence-corrected chi connectivity index (χ1v) is 3.28. The van der Waals surface area contributed by atoms with E-state index in [1.165, 1.54) is 0 Å². The summed E-state index contributed by atoms with van der Waals surface area (Å²) in [5.41, 5.74) is 0. The molecule has 5 heteroatoms. The predicted molar refractivity (Wildman–Crippen MR) is 27.1 cm³/mol. The molecule has 0 aromatic rings. The fraction of sp³-hybridized carbons (Fsp3) is 0. The van der Waals surface area contributed by atoms with E-state index < -0.39 is 9.23 Å². The summed E-state index contributed by atoms with van der Waals surface area (Å²) < 4.78 is 9.09. The summed E-state index contributed by atoms with van der Waals surface area (Å²) in [4.78, 5) is 0. The molecule has 0 N–H and O–H groups in total. The minimum Gasteiger partial charge on any atom is -0.225 e. The number of halogens is 3. The molecule has 0 aliphatic carbocycles. The van der Waals surface area contributed by atoms with Gasteiger partial charge in [-0.1, -0.05) is 0 Å². The molecule has 0 saturated heterocycles. The zero-order chi connectivity index (χ0) is 3.58. The molecule has 0 heterocycles. The normalized spacial score (nSPS) is 7.00. The molecule has 0 rings (SSSR count). The molecule has 0 fully saturated rings. The Hall–Kier alpha value is 1.02. The van der Waals surface area contributed by atoms with Gasteiger partial charge in [0.05, 0.1) is 0 Å². The summed E-state index contributed by atoms with van der Waals surface area (Å²) in [6.45, 7) is 0. The Balaban J connectivity index is 0. The predicted octanol–water partition coefficient (Wildman–Crippen LogP) is 1.46. The van der Waals surface area contributed by atoms with Crippen molar-refractivity contribution in [3.63, 3.8) is 0 Å². The lowest BCUT2D eigenvalue weighted by Crippen LogP contribution is -1.41. The minimum atomic E-state index is -1.67. The summed E-state index contributed by atoms with van der Waals surface area (Å²) in [6.07, 6.45) is 0. The molecule has 0 saturated carbocycles. The molecule has 1 nitrogen and oxygen atoms in total. The number of rotatable bonds is 0. The molecular weight excluding hydrogens is 154 g/mol. The number of hydrogen-bond acceptors (Lipinski definition) is 1. The molecule has 0 aromatic heterocycles. The van der Waals surface area contributed by atoms with E-state index in [0.29, 0.717) is 0 Å². The van der Waals surface area contributed by atoms with E-state index in [1.807, 2.05) is 0 Å². The molecular formula is HCl3OS. The van der Waals surface area contributed by atoms with Crippen molar-refractivity contribution < 1.29 is 4.21 Å². The Labute approximate surface area is 47.5 Å². The molecule has 0 radical (unpaired) electrons. The zero-order valence-corrected chi connectivity index (χ0v) is 5.13. The maximum Gasteiger partial charge on any atom is 0.211 e. The van der Waals surface area contributed by atoms with Gasteiger partial charge in [-0.3, -0.25) is 0 Å². The van der Waals surface area contributed by atoms with Gasteiger partial charge in [-0.05, 0) is 0 Å². The third kappa shape index (κ3) is 44.0. The molecule has 0 atom stereocenters. The Morgan fingerprint density at radius 2 is 1.40 bits per heavy atom. The second-order valence-electron chi connectivity index (χ2n) is 0.184. The first-order chi connectivity index (χ1) is 1.73. The smallest absolute Gasteiger partial charge is 0.211 e. The fourth-order valence-corrected chi connectivity index (χ4v) is 0. The lowest BCUT2D eigenvalue weighted by molar-refractivity contribution is 0.698. The topological polar surface area (TPSA) is 17.1 Å². The van der Waals surface area contributed by atoms with Crippen LogP contribution in [0.15, 0.2) is 0 Å². The molecule has 0 aliphatic rings. The van der Waals surface area contributed by atoms with E-state index in [2.05, 4.69) is 21.4 Å². The minimum absolute atomic E-state index is 0. The van der Waals surface area contributed by atoms with Crippen molar-refractivity contribution in [2.75, 3.05) is 0 Å². The Morgan fingerprint density at radius 1 is 1.40 bits per heavy atom. The van der Waals surface area contributed by atoms with Gasteiger partial charge in [0.1, 0.15) is 0 Å². The van der Waals surface area contributed by atoms with Crippen LogP contribution in [0.4, 0.5) is 0 Å². The highest BCUT2D eigenvalue weighted by atomic mass is 36.0. The zero-order valence-electron chi connectivity index (χ0n) is 1.98. The summed E-state index contributed by atoms with van der Waals surface area (Å²) in [6, 6.07) is 0. The van der Waals surface area contributed by atoms with Crippen LogP contribution >= 0.6 is 33.8 Å². The first-order valence-electron chi connectivity index (χ1n) is 0.475. The molecule has 0 aliphatic heterocycles. The highest BCUT2D eigenvalue weighted by Gasteiger charge is 1.67. The van der Waals surface area contributed by atoms with Crippen LogP contribution in [0.1, 0.15) is 0 Å². The summed E-state index contributed by atoms with van der Waals surface area (Å²) in [5, 5.41) is 0. The molecule has 5 heavy (non-hydrogen) atoms. The van der Waals surface area contributed by atoms with Crippen LogP contribution in [-0.2, 0) is 9.23 Å². The second kappa shape index (κ2) is 5.02. The van der Waals surface area contributed by atoms with Crippen LogP contribution in [0, 0.1) is 0 Å². The van der Waals surface area contributed by atoms with Gasteiger partial charge in [-0.15, -0.1) is 12.4 Å². The Kier molecular flexibility index (Phi) is 9.43. The fourth-order valence-electron chi connectivity index (χ4n) is 0. The van der Waals surface area contributed by atoms with Crippen LogP contribution in [-0.4, -0.2) is 4.21 Å². The maximum atomic E-state index is 9.09. The van der Waals surface area contributed by atoms with Gasteiger partial charge in [0.2, 0.25) is 9.23 Å². The molecule has 0 aromatic carbocycles. The van der Waals surface area contributed by atoms with E-state index in [0.717, 1.165) is 0 Å². The van der Waals surface area contributed by atoms with Crippen molar-refractivity contribution in [2.24, 2.45) is 0 Å². The van der Waals surface area contributed by atoms with Crippen molar-refractivity contribution in [3.8, 4) is 0 Å². The van der Waals surface area contributed by atoms with Crippen molar-refractivity contribution in [1.29, 1.82) is 0 Å². The highest BCUT2D eigenvalue weighted by molar-refractivity contribution is 8.26. The van der Waals surface area contributed by atoms with Crippen molar-refractivity contribution >= 4 is 43.0 Å². The average Bonchev–Trinajstić information content (AvgIpc) is 0.811. The van der Waals surface area contributed by atoms with Gasteiger partial charge < -0.3 is 0 Å². The largest absolute Gasteiger partial charge is 0.225 e. The van der Waals surface area contributed by atoms with Crippen molar-refractivity contribution in [2.45, 2.75) is 0 Å². The average molecular weight is 155 g/mol. The second-order valence-corrected chi connectivity index (χ2v) is 2.71. The van der Waals surface area contributed by atoms with E-state index in [-0.39, 0.29) is 12.4 Å². The monoisotopic (exact) mass is 154 g/mol. The third-order valence-electron chi connectivity index (χ3n) is 0. The Bertz CT molecular complexity index is 29.9. The van der Waals surface area contributed by atoms with Crippen LogP contribution in [0.3, 0.4) is 0 Å². The van der Waals surface area contributed by atoms with E-state index in [9.17, 15) is 0 Å². The van der Waals surface area contributed by atoms with Crippen LogP contribution in [0.25, 0.3) is 0 Å². The Morgan fingerprint density at radius 3 is 1.40 bits per heavy atom. The van der Waals surface area contributed by atoms with E-state index in [1.54, 1.807) is 0 Å². The summed E-state index contributed by atoms with van der Waals surface area (Å²) in [7, 11) is 7.36. The number of hydrogen-bond donors (Lipinski definition) is 0. The van der Waals surface area contributed by atoms with Gasteiger partial charge in [-0.2, -0.15) is 0 Å². The summed E-state index contributed by atoms with van der Waals surface area (Å²) in [5.74, 6) is 0. The molecule has 0 bridgehead atoms. The van der Waals surface area contributed by atoms with Gasteiger partial charge >= 0.3 is 0 Å². The lowest BCUT2D eigenvalue weighted by Gasteiger charge is -1.50. The highest BCUT2D eigenvalue weighted by Crippen LogP contribution is 1.89. The first kappa shape index (κ1) is 9.39.